The molecule has 3 aliphatic heterocycles. The van der Waals surface area contributed by atoms with Gasteiger partial charge in [0.25, 0.3) is 0 Å². The maximum absolute atomic E-state index is 16.5. The largest absolute Gasteiger partial charge is 0.508 e. The number of aryl methyl sites for hydroxylation is 1. The monoisotopic (exact) mass is 635 g/mol. The lowest BCUT2D eigenvalue weighted by atomic mass is 10.0. The van der Waals surface area contributed by atoms with Crippen molar-refractivity contribution in [3.05, 3.63) is 69.7 Å². The molecule has 0 aliphatic carbocycles. The van der Waals surface area contributed by atoms with E-state index in [1.807, 2.05) is 31.2 Å². The van der Waals surface area contributed by atoms with Gasteiger partial charge in [-0.2, -0.15) is 9.97 Å². The van der Waals surface area contributed by atoms with Crippen molar-refractivity contribution >= 4 is 40.0 Å². The predicted molar refractivity (Wildman–Crippen MR) is 179 cm³/mol. The third-order valence-electron chi connectivity index (χ3n) is 9.44. The summed E-state index contributed by atoms with van der Waals surface area (Å²) in [5.74, 6) is 0.0861. The summed E-state index contributed by atoms with van der Waals surface area (Å²) in [5, 5.41) is 15.2. The van der Waals surface area contributed by atoms with Crippen LogP contribution < -0.4 is 15.0 Å². The van der Waals surface area contributed by atoms with Gasteiger partial charge in [-0.25, -0.2) is 4.39 Å². The first-order valence-electron chi connectivity index (χ1n) is 16.0. The van der Waals surface area contributed by atoms with Gasteiger partial charge in [-0.3, -0.25) is 4.90 Å². The lowest BCUT2D eigenvalue weighted by molar-refractivity contribution is -0.0561. The molecule has 4 atom stereocenters. The SMILES string of the molecule is C/C(=C\C(O)=C/c1ccccc1C)c1c(Cl)cc2c(N3CC4CCC(C3)N4)nc(OCCCN3CCOC(C)C3C)nc2c1F. The Balaban J connectivity index is 1.31. The highest BCUT2D eigenvalue weighted by molar-refractivity contribution is 6.33. The van der Waals surface area contributed by atoms with E-state index < -0.39 is 5.82 Å². The third kappa shape index (κ3) is 6.97. The maximum Gasteiger partial charge on any atom is 0.319 e. The topological polar surface area (TPSA) is 83.0 Å². The highest BCUT2D eigenvalue weighted by atomic mass is 35.5. The van der Waals surface area contributed by atoms with Gasteiger partial charge in [0.2, 0.25) is 0 Å². The average molecular weight is 636 g/mol. The first kappa shape index (κ1) is 31.7. The van der Waals surface area contributed by atoms with Crippen LogP contribution in [0.1, 0.15) is 56.7 Å². The number of fused-ring (bicyclic) bond motifs is 3. The standard InChI is InChI=1S/C35H43ClFN5O3/c1-21-8-5-6-9-25(21)17-28(43)16-22(2)31-30(36)18-29-33(32(31)37)39-35(40-34(29)42-19-26-10-11-27(20-42)38-26)45-14-7-12-41-13-15-44-24(4)23(41)3/h5-6,8-9,16-18,23-24,26-27,38,43H,7,10-15,19-20H2,1-4H3/b22-16+,28-17+. The molecule has 3 aliphatic rings. The number of aromatic nitrogens is 2. The third-order valence-corrected chi connectivity index (χ3v) is 9.74. The molecule has 0 radical (unpaired) electrons. The lowest BCUT2D eigenvalue weighted by Crippen LogP contribution is -2.51. The van der Waals surface area contributed by atoms with Crippen LogP contribution in [0.3, 0.4) is 0 Å². The van der Waals surface area contributed by atoms with E-state index in [2.05, 4.69) is 33.9 Å². The minimum Gasteiger partial charge on any atom is -0.508 e. The minimum absolute atomic E-state index is 0.00466. The van der Waals surface area contributed by atoms with Gasteiger partial charge in [-0.1, -0.05) is 35.9 Å². The number of nitrogens with zero attached hydrogens (tertiary/aromatic N) is 4. The highest BCUT2D eigenvalue weighted by Crippen LogP contribution is 2.38. The molecule has 2 N–H and O–H groups in total. The molecule has 2 bridgehead atoms. The van der Waals surface area contributed by atoms with Crippen molar-refractivity contribution < 1.29 is 19.0 Å². The maximum atomic E-state index is 16.5. The molecule has 0 saturated carbocycles. The van der Waals surface area contributed by atoms with Crippen LogP contribution in [0.5, 0.6) is 6.01 Å². The van der Waals surface area contributed by atoms with Crippen LogP contribution in [0.25, 0.3) is 22.6 Å². The molecular formula is C35H43ClFN5O3. The number of nitrogens with one attached hydrogen (secondary N) is 1. The predicted octanol–water partition coefficient (Wildman–Crippen LogP) is 6.55. The fraction of sp³-hybridized carbons (Fsp3) is 0.486. The number of benzene rings is 2. The number of allylic oxidation sites excluding steroid dienone is 2. The molecule has 8 nitrogen and oxygen atoms in total. The van der Waals surface area contributed by atoms with Gasteiger partial charge in [0.1, 0.15) is 17.1 Å². The van der Waals surface area contributed by atoms with Crippen LogP contribution >= 0.6 is 11.6 Å². The van der Waals surface area contributed by atoms with Crippen molar-refractivity contribution in [2.45, 2.75) is 71.2 Å². The van der Waals surface area contributed by atoms with Gasteiger partial charge in [-0.05, 0) is 81.9 Å². The van der Waals surface area contributed by atoms with Crippen molar-refractivity contribution in [2.24, 2.45) is 0 Å². The van der Waals surface area contributed by atoms with E-state index in [0.29, 0.717) is 41.5 Å². The Kier molecular flexibility index (Phi) is 9.61. The molecule has 3 saturated heterocycles. The van der Waals surface area contributed by atoms with Crippen molar-refractivity contribution in [3.63, 3.8) is 0 Å². The van der Waals surface area contributed by atoms with Gasteiger partial charge >= 0.3 is 6.01 Å². The summed E-state index contributed by atoms with van der Waals surface area (Å²) in [4.78, 5) is 14.0. The Hall–Kier alpha value is -3.24. The Morgan fingerprint density at radius 2 is 1.96 bits per heavy atom. The second kappa shape index (κ2) is 13.6. The second-order valence-electron chi connectivity index (χ2n) is 12.6. The van der Waals surface area contributed by atoms with E-state index in [-0.39, 0.29) is 34.0 Å². The van der Waals surface area contributed by atoms with Crippen LogP contribution in [0.15, 0.2) is 42.2 Å². The van der Waals surface area contributed by atoms with E-state index in [1.54, 1.807) is 19.1 Å². The summed E-state index contributed by atoms with van der Waals surface area (Å²) in [6.45, 7) is 12.4. The smallest absolute Gasteiger partial charge is 0.319 e. The molecule has 240 valence electrons. The van der Waals surface area contributed by atoms with Crippen LogP contribution in [-0.2, 0) is 4.74 Å². The average Bonchev–Trinajstić information content (AvgIpc) is 3.35. The fourth-order valence-electron chi connectivity index (χ4n) is 6.78. The van der Waals surface area contributed by atoms with Crippen LogP contribution in [0.2, 0.25) is 5.02 Å². The molecule has 0 spiro atoms. The van der Waals surface area contributed by atoms with E-state index in [0.717, 1.165) is 63.2 Å². The molecular weight excluding hydrogens is 593 g/mol. The van der Waals surface area contributed by atoms with Gasteiger partial charge in [0, 0.05) is 55.3 Å². The molecule has 4 heterocycles. The van der Waals surface area contributed by atoms with Gasteiger partial charge < -0.3 is 24.8 Å². The minimum atomic E-state index is -0.558. The summed E-state index contributed by atoms with van der Waals surface area (Å²) in [6.07, 6.45) is 6.39. The summed E-state index contributed by atoms with van der Waals surface area (Å²) < 4.78 is 28.4. The first-order valence-corrected chi connectivity index (χ1v) is 16.4. The Morgan fingerprint density at radius 1 is 1.20 bits per heavy atom. The molecule has 4 unspecified atom stereocenters. The number of hydrogen-bond acceptors (Lipinski definition) is 8. The summed E-state index contributed by atoms with van der Waals surface area (Å²) in [7, 11) is 0. The van der Waals surface area contributed by atoms with Gasteiger partial charge in [0.15, 0.2) is 5.82 Å². The number of morpholine rings is 1. The first-order chi connectivity index (χ1) is 21.7. The number of rotatable bonds is 9. The van der Waals surface area contributed by atoms with E-state index >= 15 is 4.39 Å². The van der Waals surface area contributed by atoms with Crippen molar-refractivity contribution in [2.75, 3.05) is 44.3 Å². The van der Waals surface area contributed by atoms with Crippen molar-refractivity contribution in [1.82, 2.24) is 20.2 Å². The number of aliphatic hydroxyl groups excluding tert-OH is 1. The molecule has 3 aromatic rings. The lowest BCUT2D eigenvalue weighted by Gasteiger charge is -2.37. The number of piperazine rings is 1. The Bertz CT molecular complexity index is 1600. The summed E-state index contributed by atoms with van der Waals surface area (Å²) in [6, 6.07) is 10.7. The summed E-state index contributed by atoms with van der Waals surface area (Å²) in [5.41, 5.74) is 2.74. The van der Waals surface area contributed by atoms with E-state index in [4.69, 9.17) is 26.1 Å². The molecule has 2 aromatic carbocycles. The van der Waals surface area contributed by atoms with Gasteiger partial charge in [-0.15, -0.1) is 0 Å². The fourth-order valence-corrected chi connectivity index (χ4v) is 7.12. The molecule has 0 amide bonds. The number of aliphatic hydroxyl groups is 1. The Labute approximate surface area is 269 Å². The quantitative estimate of drug-likeness (QED) is 0.156. The van der Waals surface area contributed by atoms with Crippen LogP contribution in [0, 0.1) is 12.7 Å². The zero-order chi connectivity index (χ0) is 31.7. The van der Waals surface area contributed by atoms with E-state index in [1.165, 1.54) is 6.08 Å². The van der Waals surface area contributed by atoms with Gasteiger partial charge in [0.05, 0.1) is 24.3 Å². The van der Waals surface area contributed by atoms with Crippen LogP contribution in [-0.4, -0.2) is 83.6 Å². The highest BCUT2D eigenvalue weighted by Gasteiger charge is 2.34. The van der Waals surface area contributed by atoms with Crippen molar-refractivity contribution in [3.8, 4) is 6.01 Å². The zero-order valence-corrected chi connectivity index (χ0v) is 27.3. The molecule has 1 aromatic heterocycles. The second-order valence-corrected chi connectivity index (χ2v) is 13.0. The molecule has 10 heteroatoms. The number of anilines is 1. The normalized spacial score (nSPS) is 24.4. The number of ether oxygens (including phenoxy) is 2. The molecule has 6 rings (SSSR count). The number of halogens is 2. The Morgan fingerprint density at radius 3 is 2.71 bits per heavy atom. The van der Waals surface area contributed by atoms with Crippen LogP contribution in [0.4, 0.5) is 10.2 Å². The van der Waals surface area contributed by atoms with Crippen molar-refractivity contribution in [1.29, 1.82) is 0 Å². The van der Waals surface area contributed by atoms with E-state index in [9.17, 15) is 5.11 Å². The number of hydrogen-bond donors (Lipinski definition) is 2. The zero-order valence-electron chi connectivity index (χ0n) is 26.5. The molecule has 3 fully saturated rings. The molecule has 45 heavy (non-hydrogen) atoms. The summed E-state index contributed by atoms with van der Waals surface area (Å²) >= 11 is 6.78.